The fourth-order valence-corrected chi connectivity index (χ4v) is 4.24. The summed E-state index contributed by atoms with van der Waals surface area (Å²) in [5.41, 5.74) is 13.9. The fraction of sp³-hybridized carbons (Fsp3) is 0.385. The van der Waals surface area contributed by atoms with Crippen LogP contribution in [0.5, 0.6) is 0 Å². The average Bonchev–Trinajstić information content (AvgIpc) is 2.90. The summed E-state index contributed by atoms with van der Waals surface area (Å²) in [5, 5.41) is 4.12. The van der Waals surface area contributed by atoms with Crippen LogP contribution < -0.4 is 11.5 Å². The van der Waals surface area contributed by atoms with Crippen LogP contribution >= 0.6 is 22.7 Å². The van der Waals surface area contributed by atoms with Crippen LogP contribution in [0, 0.1) is 5.92 Å². The Morgan fingerprint density at radius 3 is 1.82 bits per heavy atom. The van der Waals surface area contributed by atoms with Crippen LogP contribution in [-0.2, 0) is 0 Å². The summed E-state index contributed by atoms with van der Waals surface area (Å²) in [5.74, 6) is 0.900. The highest BCUT2D eigenvalue weighted by Gasteiger charge is 2.26. The van der Waals surface area contributed by atoms with Gasteiger partial charge >= 0.3 is 0 Å². The van der Waals surface area contributed by atoms with E-state index in [9.17, 15) is 0 Å². The van der Waals surface area contributed by atoms with Crippen LogP contribution in [0.3, 0.4) is 0 Å². The molecule has 1 unspecified atom stereocenters. The molecule has 0 saturated carbocycles. The number of anilines is 2. The molecular weight excluding hydrogens is 248 g/mol. The molecule has 0 amide bonds. The van der Waals surface area contributed by atoms with Gasteiger partial charge in [0, 0.05) is 27.0 Å². The first-order valence-electron chi connectivity index (χ1n) is 5.80. The molecule has 0 fully saturated rings. The van der Waals surface area contributed by atoms with E-state index in [-0.39, 0.29) is 0 Å². The van der Waals surface area contributed by atoms with Crippen molar-refractivity contribution in [3.8, 4) is 0 Å². The molecule has 0 aliphatic rings. The largest absolute Gasteiger partial charge is 0.398 e. The second-order valence-corrected chi connectivity index (χ2v) is 6.24. The molecule has 2 rings (SSSR count). The number of rotatable bonds is 4. The highest BCUT2D eigenvalue weighted by molar-refractivity contribution is 7.12. The molecule has 0 aliphatic heterocycles. The Labute approximate surface area is 110 Å². The summed E-state index contributed by atoms with van der Waals surface area (Å²) in [7, 11) is 0. The molecule has 4 heteroatoms. The van der Waals surface area contributed by atoms with Crippen LogP contribution in [0.15, 0.2) is 22.9 Å². The molecule has 0 radical (unpaired) electrons. The number of thiophene rings is 2. The second-order valence-electron chi connectivity index (χ2n) is 4.34. The Balaban J connectivity index is 2.46. The zero-order chi connectivity index (χ0) is 12.4. The quantitative estimate of drug-likeness (QED) is 0.873. The highest BCUT2D eigenvalue weighted by Crippen LogP contribution is 2.43. The van der Waals surface area contributed by atoms with E-state index in [1.165, 1.54) is 9.75 Å². The van der Waals surface area contributed by atoms with Gasteiger partial charge in [0.25, 0.3) is 0 Å². The van der Waals surface area contributed by atoms with Gasteiger partial charge in [-0.2, -0.15) is 0 Å². The van der Waals surface area contributed by atoms with Crippen molar-refractivity contribution in [3.63, 3.8) is 0 Å². The van der Waals surface area contributed by atoms with Gasteiger partial charge in [0.2, 0.25) is 0 Å². The Hall–Kier alpha value is -1.00. The van der Waals surface area contributed by atoms with Crippen molar-refractivity contribution >= 4 is 34.0 Å². The normalized spacial score (nSPS) is 13.1. The molecule has 4 N–H and O–H groups in total. The van der Waals surface area contributed by atoms with E-state index in [0.29, 0.717) is 11.8 Å². The lowest BCUT2D eigenvalue weighted by Gasteiger charge is -2.22. The molecule has 92 valence electrons. The summed E-state index contributed by atoms with van der Waals surface area (Å²) in [6, 6.07) is 3.97. The highest BCUT2D eigenvalue weighted by atomic mass is 32.1. The molecule has 1 atom stereocenters. The van der Waals surface area contributed by atoms with Crippen molar-refractivity contribution in [3.05, 3.63) is 32.6 Å². The van der Waals surface area contributed by atoms with Crippen LogP contribution in [0.4, 0.5) is 11.4 Å². The van der Waals surface area contributed by atoms with Crippen LogP contribution in [0.25, 0.3) is 0 Å². The topological polar surface area (TPSA) is 52.0 Å². The molecule has 17 heavy (non-hydrogen) atoms. The van der Waals surface area contributed by atoms with Gasteiger partial charge in [-0.1, -0.05) is 20.3 Å². The van der Waals surface area contributed by atoms with Gasteiger partial charge in [0.15, 0.2) is 0 Å². The Morgan fingerprint density at radius 1 is 1.06 bits per heavy atom. The molecule has 0 spiro atoms. The Morgan fingerprint density at radius 2 is 1.53 bits per heavy atom. The third kappa shape index (κ3) is 2.33. The molecule has 2 heterocycles. The first-order valence-corrected chi connectivity index (χ1v) is 7.56. The standard InChI is InChI=1S/C13H18N2S2/c1-3-8(2)11(12-9(14)4-6-16-12)13-10(15)5-7-17-13/h4-8,11H,3,14-15H2,1-2H3. The Bertz CT molecular complexity index is 447. The Kier molecular flexibility index (Phi) is 3.74. The van der Waals surface area contributed by atoms with E-state index >= 15 is 0 Å². The van der Waals surface area contributed by atoms with Gasteiger partial charge in [0.05, 0.1) is 0 Å². The minimum atomic E-state index is 0.347. The van der Waals surface area contributed by atoms with E-state index in [2.05, 4.69) is 24.6 Å². The van der Waals surface area contributed by atoms with Crippen LogP contribution in [0.1, 0.15) is 35.9 Å². The third-order valence-electron chi connectivity index (χ3n) is 3.23. The number of nitrogens with two attached hydrogens (primary N) is 2. The lowest BCUT2D eigenvalue weighted by Crippen LogP contribution is -2.11. The monoisotopic (exact) mass is 266 g/mol. The van der Waals surface area contributed by atoms with Crippen molar-refractivity contribution in [2.45, 2.75) is 26.2 Å². The predicted octanol–water partition coefficient (Wildman–Crippen LogP) is 4.15. The average molecular weight is 266 g/mol. The summed E-state index contributed by atoms with van der Waals surface area (Å²) < 4.78 is 0. The minimum absolute atomic E-state index is 0.347. The van der Waals surface area contributed by atoms with E-state index in [4.69, 9.17) is 11.5 Å². The maximum Gasteiger partial charge on any atom is 0.0462 e. The van der Waals surface area contributed by atoms with Gasteiger partial charge in [0.1, 0.15) is 0 Å². The fourth-order valence-electron chi connectivity index (χ4n) is 2.04. The number of nitrogen functional groups attached to an aromatic ring is 2. The molecule has 2 nitrogen and oxygen atoms in total. The van der Waals surface area contributed by atoms with Gasteiger partial charge in [-0.3, -0.25) is 0 Å². The smallest absolute Gasteiger partial charge is 0.0462 e. The van der Waals surface area contributed by atoms with Gasteiger partial charge in [-0.15, -0.1) is 22.7 Å². The van der Waals surface area contributed by atoms with Gasteiger partial charge in [-0.25, -0.2) is 0 Å². The van der Waals surface area contributed by atoms with Crippen LogP contribution in [-0.4, -0.2) is 0 Å². The van der Waals surface area contributed by atoms with E-state index in [0.717, 1.165) is 17.8 Å². The van der Waals surface area contributed by atoms with Crippen molar-refractivity contribution in [2.24, 2.45) is 5.92 Å². The number of hydrogen-bond donors (Lipinski definition) is 2. The second kappa shape index (κ2) is 5.10. The molecular formula is C13H18N2S2. The molecule has 0 aromatic carbocycles. The molecule has 2 aromatic rings. The first kappa shape index (κ1) is 12.5. The van der Waals surface area contributed by atoms with E-state index < -0.39 is 0 Å². The number of hydrogen-bond acceptors (Lipinski definition) is 4. The zero-order valence-corrected chi connectivity index (χ0v) is 11.8. The predicted molar refractivity (Wildman–Crippen MR) is 78.8 cm³/mol. The van der Waals surface area contributed by atoms with Gasteiger partial charge < -0.3 is 11.5 Å². The maximum absolute atomic E-state index is 6.06. The van der Waals surface area contributed by atoms with Crippen molar-refractivity contribution in [1.82, 2.24) is 0 Å². The van der Waals surface area contributed by atoms with Crippen molar-refractivity contribution in [1.29, 1.82) is 0 Å². The molecule has 0 aliphatic carbocycles. The SMILES string of the molecule is CCC(C)C(c1sccc1N)c1sccc1N. The summed E-state index contributed by atoms with van der Waals surface area (Å²) in [4.78, 5) is 2.52. The molecule has 2 aromatic heterocycles. The summed E-state index contributed by atoms with van der Waals surface area (Å²) in [6.07, 6.45) is 1.12. The maximum atomic E-state index is 6.06. The minimum Gasteiger partial charge on any atom is -0.398 e. The first-order chi connectivity index (χ1) is 8.15. The van der Waals surface area contributed by atoms with Crippen molar-refractivity contribution < 1.29 is 0 Å². The van der Waals surface area contributed by atoms with Crippen LogP contribution in [0.2, 0.25) is 0 Å². The van der Waals surface area contributed by atoms with E-state index in [1.54, 1.807) is 22.7 Å². The third-order valence-corrected chi connectivity index (χ3v) is 5.26. The van der Waals surface area contributed by atoms with E-state index in [1.807, 2.05) is 12.1 Å². The lowest BCUT2D eigenvalue weighted by atomic mass is 9.88. The lowest BCUT2D eigenvalue weighted by molar-refractivity contribution is 0.508. The molecule has 0 bridgehead atoms. The zero-order valence-electron chi connectivity index (χ0n) is 10.1. The van der Waals surface area contributed by atoms with Gasteiger partial charge in [-0.05, 0) is 28.8 Å². The summed E-state index contributed by atoms with van der Waals surface area (Å²) in [6.45, 7) is 4.48. The molecule has 0 saturated heterocycles. The summed E-state index contributed by atoms with van der Waals surface area (Å²) >= 11 is 3.47. The van der Waals surface area contributed by atoms with Crippen molar-refractivity contribution in [2.75, 3.05) is 11.5 Å².